The predicted molar refractivity (Wildman–Crippen MR) is 134 cm³/mol. The van der Waals surface area contributed by atoms with Crippen LogP contribution in [0.3, 0.4) is 0 Å². The lowest BCUT2D eigenvalue weighted by atomic mass is 10.1. The van der Waals surface area contributed by atoms with Gasteiger partial charge in [-0.3, -0.25) is 24.1 Å². The molecule has 0 aromatic heterocycles. The summed E-state index contributed by atoms with van der Waals surface area (Å²) < 4.78 is 5.31. The average molecular weight is 498 g/mol. The minimum Gasteiger partial charge on any atom is -0.452 e. The molecular formula is C28H23N3O6. The zero-order chi connectivity index (χ0) is 26.1. The Balaban J connectivity index is 1.27. The number of nitrogens with zero attached hydrogens (tertiary/aromatic N) is 2. The number of imide groups is 1. The molecule has 3 aromatic carbocycles. The van der Waals surface area contributed by atoms with Gasteiger partial charge >= 0.3 is 5.97 Å². The first-order chi connectivity index (χ1) is 17.8. The molecule has 1 unspecified atom stereocenters. The largest absolute Gasteiger partial charge is 0.452 e. The number of para-hydroxylation sites is 2. The third-order valence-electron chi connectivity index (χ3n) is 6.34. The van der Waals surface area contributed by atoms with Gasteiger partial charge in [0.05, 0.1) is 34.6 Å². The summed E-state index contributed by atoms with van der Waals surface area (Å²) in [6, 6.07) is 19.5. The Morgan fingerprint density at radius 3 is 2.32 bits per heavy atom. The molecule has 1 N–H and O–H groups in total. The smallest absolute Gasteiger partial charge is 0.338 e. The molecule has 0 radical (unpaired) electrons. The number of fused-ring (bicyclic) bond motifs is 2. The number of esters is 1. The van der Waals surface area contributed by atoms with Crippen LogP contribution in [-0.4, -0.2) is 47.1 Å². The summed E-state index contributed by atoms with van der Waals surface area (Å²) in [6.07, 6.45) is 0.105. The molecule has 9 nitrogen and oxygen atoms in total. The number of hydrogen-bond donors (Lipinski definition) is 1. The van der Waals surface area contributed by atoms with Crippen molar-refractivity contribution >= 4 is 41.0 Å². The molecular weight excluding hydrogens is 474 g/mol. The van der Waals surface area contributed by atoms with Gasteiger partial charge in [0.2, 0.25) is 5.91 Å². The third-order valence-corrected chi connectivity index (χ3v) is 6.34. The third kappa shape index (κ3) is 4.58. The fraction of sp³-hybridized carbons (Fsp3) is 0.179. The first-order valence-electron chi connectivity index (χ1n) is 11.8. The van der Waals surface area contributed by atoms with Gasteiger partial charge in [0.25, 0.3) is 17.7 Å². The maximum Gasteiger partial charge on any atom is 0.338 e. The van der Waals surface area contributed by atoms with Gasteiger partial charge in [-0.15, -0.1) is 0 Å². The molecule has 0 bridgehead atoms. The van der Waals surface area contributed by atoms with Crippen LogP contribution in [0.1, 0.15) is 50.0 Å². The van der Waals surface area contributed by atoms with E-state index in [0.29, 0.717) is 28.1 Å². The Bertz CT molecular complexity index is 1410. The molecule has 5 rings (SSSR count). The highest BCUT2D eigenvalue weighted by atomic mass is 16.5. The second kappa shape index (κ2) is 9.69. The van der Waals surface area contributed by atoms with E-state index in [0.717, 1.165) is 4.90 Å². The lowest BCUT2D eigenvalue weighted by Gasteiger charge is -2.27. The van der Waals surface area contributed by atoms with Crippen LogP contribution >= 0.6 is 0 Å². The first kappa shape index (κ1) is 23.9. The summed E-state index contributed by atoms with van der Waals surface area (Å²) in [4.78, 5) is 65.9. The normalized spacial score (nSPS) is 16.6. The van der Waals surface area contributed by atoms with E-state index in [4.69, 9.17) is 4.74 Å². The van der Waals surface area contributed by atoms with E-state index in [1.807, 2.05) is 0 Å². The van der Waals surface area contributed by atoms with Crippen LogP contribution in [0.15, 0.2) is 72.8 Å². The van der Waals surface area contributed by atoms with Gasteiger partial charge in [-0.25, -0.2) is 4.79 Å². The lowest BCUT2D eigenvalue weighted by molar-refractivity contribution is -0.122. The number of carbonyl (C=O) groups is 5. The van der Waals surface area contributed by atoms with Crippen molar-refractivity contribution in [2.45, 2.75) is 25.9 Å². The van der Waals surface area contributed by atoms with Gasteiger partial charge in [-0.2, -0.15) is 0 Å². The number of benzene rings is 3. The Morgan fingerprint density at radius 2 is 1.59 bits per heavy atom. The number of rotatable bonds is 5. The number of ether oxygens (including phenoxy) is 1. The summed E-state index contributed by atoms with van der Waals surface area (Å²) in [6.45, 7) is 1.23. The highest BCUT2D eigenvalue weighted by molar-refractivity contribution is 6.21. The molecule has 0 spiro atoms. The topological polar surface area (TPSA) is 113 Å². The molecule has 0 fully saturated rings. The van der Waals surface area contributed by atoms with Crippen molar-refractivity contribution < 1.29 is 28.7 Å². The van der Waals surface area contributed by atoms with Crippen molar-refractivity contribution in [1.29, 1.82) is 0 Å². The molecule has 0 aliphatic carbocycles. The first-order valence-corrected chi connectivity index (χ1v) is 11.8. The molecule has 186 valence electrons. The van der Waals surface area contributed by atoms with Gasteiger partial charge in [-0.05, 0) is 48.9 Å². The Labute approximate surface area is 212 Å². The highest BCUT2D eigenvalue weighted by Gasteiger charge is 2.35. The minimum absolute atomic E-state index is 0.00446. The van der Waals surface area contributed by atoms with Crippen molar-refractivity contribution in [1.82, 2.24) is 4.90 Å². The van der Waals surface area contributed by atoms with Gasteiger partial charge in [0.15, 0.2) is 6.61 Å². The van der Waals surface area contributed by atoms with Crippen molar-refractivity contribution in [3.8, 4) is 0 Å². The average Bonchev–Trinajstić information content (AvgIpc) is 3.04. The van der Waals surface area contributed by atoms with E-state index >= 15 is 0 Å². The van der Waals surface area contributed by atoms with Crippen molar-refractivity contribution in [3.05, 3.63) is 95.1 Å². The zero-order valence-electron chi connectivity index (χ0n) is 20.0. The van der Waals surface area contributed by atoms with Gasteiger partial charge in [-0.1, -0.05) is 36.4 Å². The number of carbonyl (C=O) groups excluding carboxylic acids is 5. The monoisotopic (exact) mass is 497 g/mol. The number of nitrogens with one attached hydrogen (secondary N) is 1. The summed E-state index contributed by atoms with van der Waals surface area (Å²) in [5, 5.41) is 2.78. The SMILES string of the molecule is CC1CC(=O)Nc2ccccc2N1C(=O)COC(=O)c1cccc(CN2C(=O)c3ccccc3C2=O)c1. The van der Waals surface area contributed by atoms with E-state index in [1.54, 1.807) is 67.6 Å². The second-order valence-electron chi connectivity index (χ2n) is 8.90. The van der Waals surface area contributed by atoms with Crippen LogP contribution in [0, 0.1) is 0 Å². The molecule has 1 atom stereocenters. The number of anilines is 2. The Hall–Kier alpha value is -4.79. The maximum atomic E-state index is 13.1. The van der Waals surface area contributed by atoms with Crippen LogP contribution in [0.25, 0.3) is 0 Å². The van der Waals surface area contributed by atoms with Crippen LogP contribution in [-0.2, 0) is 20.9 Å². The standard InChI is InChI=1S/C28H23N3O6/c1-17-13-24(32)29-22-11-4-5-12-23(22)31(17)25(33)16-37-28(36)19-8-6-7-18(14-19)15-30-26(34)20-9-2-3-10-21(20)27(30)35/h2-12,14,17H,13,15-16H2,1H3,(H,29,32). The second-order valence-corrected chi connectivity index (χ2v) is 8.90. The van der Waals surface area contributed by atoms with Crippen molar-refractivity contribution in [2.75, 3.05) is 16.8 Å². The van der Waals surface area contributed by atoms with Crippen molar-refractivity contribution in [2.24, 2.45) is 0 Å². The summed E-state index contributed by atoms with van der Waals surface area (Å²) in [5.74, 6) is -2.17. The van der Waals surface area contributed by atoms with Crippen LogP contribution < -0.4 is 10.2 Å². The van der Waals surface area contributed by atoms with E-state index in [1.165, 1.54) is 17.0 Å². The van der Waals surface area contributed by atoms with E-state index in [2.05, 4.69) is 5.32 Å². The molecule has 0 saturated heterocycles. The van der Waals surface area contributed by atoms with E-state index in [-0.39, 0.29) is 36.3 Å². The minimum atomic E-state index is -0.720. The number of amides is 4. The predicted octanol–water partition coefficient (Wildman–Crippen LogP) is 3.40. The molecule has 0 saturated carbocycles. The summed E-state index contributed by atoms with van der Waals surface area (Å²) in [5.41, 5.74) is 2.49. The van der Waals surface area contributed by atoms with E-state index in [9.17, 15) is 24.0 Å². The summed E-state index contributed by atoms with van der Waals surface area (Å²) >= 11 is 0. The van der Waals surface area contributed by atoms with Crippen LogP contribution in [0.5, 0.6) is 0 Å². The molecule has 2 aliphatic heterocycles. The summed E-state index contributed by atoms with van der Waals surface area (Å²) in [7, 11) is 0. The number of hydrogen-bond acceptors (Lipinski definition) is 6. The fourth-order valence-electron chi connectivity index (χ4n) is 4.61. The molecule has 3 aromatic rings. The Morgan fingerprint density at radius 1 is 0.919 bits per heavy atom. The highest BCUT2D eigenvalue weighted by Crippen LogP contribution is 2.31. The quantitative estimate of drug-likeness (QED) is 0.427. The maximum absolute atomic E-state index is 13.1. The molecule has 2 heterocycles. The van der Waals surface area contributed by atoms with Gasteiger partial charge in [0.1, 0.15) is 0 Å². The van der Waals surface area contributed by atoms with Crippen LogP contribution in [0.2, 0.25) is 0 Å². The molecule has 2 aliphatic rings. The lowest BCUT2D eigenvalue weighted by Crippen LogP contribution is -2.41. The van der Waals surface area contributed by atoms with Crippen molar-refractivity contribution in [3.63, 3.8) is 0 Å². The van der Waals surface area contributed by atoms with E-state index < -0.39 is 24.5 Å². The Kier molecular flexibility index (Phi) is 6.27. The fourth-order valence-corrected chi connectivity index (χ4v) is 4.61. The van der Waals surface area contributed by atoms with Gasteiger partial charge < -0.3 is 15.0 Å². The zero-order valence-corrected chi connectivity index (χ0v) is 20.0. The molecule has 37 heavy (non-hydrogen) atoms. The molecule has 4 amide bonds. The van der Waals surface area contributed by atoms with Crippen LogP contribution in [0.4, 0.5) is 11.4 Å². The van der Waals surface area contributed by atoms with Gasteiger partial charge in [0, 0.05) is 12.5 Å². The molecule has 9 heteroatoms.